The van der Waals surface area contributed by atoms with Crippen LogP contribution in [0.3, 0.4) is 0 Å². The molecular formula is C17H15N3O3. The third-order valence-electron chi connectivity index (χ3n) is 3.15. The lowest BCUT2D eigenvalue weighted by Gasteiger charge is -2.04. The van der Waals surface area contributed by atoms with Crippen molar-refractivity contribution in [3.63, 3.8) is 0 Å². The number of nitrogens with one attached hydrogen (secondary N) is 1. The van der Waals surface area contributed by atoms with Crippen molar-refractivity contribution in [1.82, 2.24) is 10.1 Å². The van der Waals surface area contributed by atoms with Crippen molar-refractivity contribution in [2.75, 3.05) is 19.0 Å². The van der Waals surface area contributed by atoms with Gasteiger partial charge < -0.3 is 14.6 Å². The predicted octanol–water partition coefficient (Wildman–Crippen LogP) is 2.99. The molecule has 0 aliphatic rings. The fraction of sp³-hybridized carbons (Fsp3) is 0.118. The number of carbonyl (C=O) groups is 1. The SMILES string of the molecule is COCC(=O)Nc1ccc(-c2nc(-c3ccccc3)no2)cc1. The summed E-state index contributed by atoms with van der Waals surface area (Å²) >= 11 is 0. The first-order valence-electron chi connectivity index (χ1n) is 7.04. The topological polar surface area (TPSA) is 77.2 Å². The lowest BCUT2D eigenvalue weighted by Crippen LogP contribution is -2.16. The highest BCUT2D eigenvalue weighted by Gasteiger charge is 2.10. The number of anilines is 1. The van der Waals surface area contributed by atoms with Crippen molar-refractivity contribution in [2.45, 2.75) is 0 Å². The zero-order chi connectivity index (χ0) is 16.1. The molecular weight excluding hydrogens is 294 g/mol. The van der Waals surface area contributed by atoms with E-state index in [2.05, 4.69) is 15.5 Å². The van der Waals surface area contributed by atoms with Crippen LogP contribution in [0.25, 0.3) is 22.8 Å². The van der Waals surface area contributed by atoms with E-state index in [0.29, 0.717) is 17.4 Å². The highest BCUT2D eigenvalue weighted by molar-refractivity contribution is 5.91. The molecule has 6 heteroatoms. The van der Waals surface area contributed by atoms with Crippen LogP contribution in [0.15, 0.2) is 59.1 Å². The Labute approximate surface area is 133 Å². The molecule has 0 saturated carbocycles. The lowest BCUT2D eigenvalue weighted by atomic mass is 10.2. The van der Waals surface area contributed by atoms with Gasteiger partial charge in [-0.25, -0.2) is 0 Å². The average Bonchev–Trinajstić information content (AvgIpc) is 3.07. The van der Waals surface area contributed by atoms with Gasteiger partial charge in [0.25, 0.3) is 5.89 Å². The second kappa shape index (κ2) is 6.85. The molecule has 3 rings (SSSR count). The summed E-state index contributed by atoms with van der Waals surface area (Å²) in [5.74, 6) is 0.765. The van der Waals surface area contributed by atoms with Crippen LogP contribution in [0.1, 0.15) is 0 Å². The van der Waals surface area contributed by atoms with E-state index in [-0.39, 0.29) is 12.5 Å². The largest absolute Gasteiger partial charge is 0.375 e. The van der Waals surface area contributed by atoms with Crippen molar-refractivity contribution in [3.05, 3.63) is 54.6 Å². The van der Waals surface area contributed by atoms with Gasteiger partial charge in [-0.15, -0.1) is 0 Å². The summed E-state index contributed by atoms with van der Waals surface area (Å²) in [6, 6.07) is 16.8. The molecule has 0 aliphatic carbocycles. The Balaban J connectivity index is 1.75. The highest BCUT2D eigenvalue weighted by atomic mass is 16.5. The minimum absolute atomic E-state index is 0.0197. The van der Waals surface area contributed by atoms with Crippen molar-refractivity contribution in [3.8, 4) is 22.8 Å². The molecule has 0 aliphatic heterocycles. The summed E-state index contributed by atoms with van der Waals surface area (Å²) in [4.78, 5) is 15.8. The summed E-state index contributed by atoms with van der Waals surface area (Å²) in [5.41, 5.74) is 2.36. The van der Waals surface area contributed by atoms with Gasteiger partial charge in [0.15, 0.2) is 0 Å². The number of benzene rings is 2. The summed E-state index contributed by atoms with van der Waals surface area (Å²) in [5, 5.41) is 6.71. The third-order valence-corrected chi connectivity index (χ3v) is 3.15. The molecule has 0 saturated heterocycles. The Hall–Kier alpha value is -2.99. The van der Waals surface area contributed by atoms with Crippen LogP contribution in [-0.4, -0.2) is 29.8 Å². The fourth-order valence-corrected chi connectivity index (χ4v) is 2.07. The highest BCUT2D eigenvalue weighted by Crippen LogP contribution is 2.23. The molecule has 2 aromatic carbocycles. The van der Waals surface area contributed by atoms with E-state index in [1.54, 1.807) is 12.1 Å². The van der Waals surface area contributed by atoms with Crippen LogP contribution in [0.4, 0.5) is 5.69 Å². The molecule has 0 fully saturated rings. The van der Waals surface area contributed by atoms with E-state index in [0.717, 1.165) is 11.1 Å². The van der Waals surface area contributed by atoms with Crippen molar-refractivity contribution < 1.29 is 14.1 Å². The van der Waals surface area contributed by atoms with E-state index < -0.39 is 0 Å². The Kier molecular flexibility index (Phi) is 4.44. The second-order valence-corrected chi connectivity index (χ2v) is 4.85. The number of nitrogens with zero attached hydrogens (tertiary/aromatic N) is 2. The van der Waals surface area contributed by atoms with Gasteiger partial charge in [-0.2, -0.15) is 4.98 Å². The van der Waals surface area contributed by atoms with Gasteiger partial charge in [0, 0.05) is 23.9 Å². The Morgan fingerprint density at radius 2 is 1.83 bits per heavy atom. The van der Waals surface area contributed by atoms with Crippen molar-refractivity contribution in [2.24, 2.45) is 0 Å². The average molecular weight is 309 g/mol. The zero-order valence-electron chi connectivity index (χ0n) is 12.5. The molecule has 3 aromatic rings. The molecule has 1 amide bonds. The van der Waals surface area contributed by atoms with E-state index in [9.17, 15) is 4.79 Å². The van der Waals surface area contributed by atoms with Gasteiger partial charge in [0.05, 0.1) is 0 Å². The smallest absolute Gasteiger partial charge is 0.258 e. The Bertz CT molecular complexity index is 782. The second-order valence-electron chi connectivity index (χ2n) is 4.85. The number of ether oxygens (including phenoxy) is 1. The molecule has 23 heavy (non-hydrogen) atoms. The molecule has 0 radical (unpaired) electrons. The van der Waals surface area contributed by atoms with Gasteiger partial charge in [-0.05, 0) is 24.3 Å². The van der Waals surface area contributed by atoms with Gasteiger partial charge in [-0.3, -0.25) is 4.79 Å². The van der Waals surface area contributed by atoms with Gasteiger partial charge in [-0.1, -0.05) is 35.5 Å². The number of rotatable bonds is 5. The fourth-order valence-electron chi connectivity index (χ4n) is 2.07. The summed E-state index contributed by atoms with van der Waals surface area (Å²) in [6.07, 6.45) is 0. The first-order valence-corrected chi connectivity index (χ1v) is 7.04. The number of hydrogen-bond donors (Lipinski definition) is 1. The predicted molar refractivity (Wildman–Crippen MR) is 85.7 cm³/mol. The quantitative estimate of drug-likeness (QED) is 0.784. The summed E-state index contributed by atoms with van der Waals surface area (Å²) in [6.45, 7) is 0.0197. The first kappa shape index (κ1) is 14.9. The molecule has 0 atom stereocenters. The maximum atomic E-state index is 11.5. The van der Waals surface area contributed by atoms with Crippen LogP contribution in [0, 0.1) is 0 Å². The molecule has 6 nitrogen and oxygen atoms in total. The van der Waals surface area contributed by atoms with Crippen LogP contribution in [0.5, 0.6) is 0 Å². The van der Waals surface area contributed by atoms with E-state index in [4.69, 9.17) is 9.26 Å². The first-order chi connectivity index (χ1) is 11.3. The Morgan fingerprint density at radius 1 is 1.09 bits per heavy atom. The maximum Gasteiger partial charge on any atom is 0.258 e. The van der Waals surface area contributed by atoms with Crippen LogP contribution in [-0.2, 0) is 9.53 Å². The molecule has 0 bridgehead atoms. The Morgan fingerprint density at radius 3 is 2.52 bits per heavy atom. The van der Waals surface area contributed by atoms with Crippen LogP contribution in [0.2, 0.25) is 0 Å². The van der Waals surface area contributed by atoms with E-state index >= 15 is 0 Å². The van der Waals surface area contributed by atoms with Crippen LogP contribution < -0.4 is 5.32 Å². The number of methoxy groups -OCH3 is 1. The van der Waals surface area contributed by atoms with E-state index in [1.165, 1.54) is 7.11 Å². The molecule has 0 spiro atoms. The summed E-state index contributed by atoms with van der Waals surface area (Å²) in [7, 11) is 1.47. The molecule has 1 aromatic heterocycles. The van der Waals surface area contributed by atoms with Gasteiger partial charge in [0.2, 0.25) is 11.7 Å². The summed E-state index contributed by atoms with van der Waals surface area (Å²) < 4.78 is 10.1. The minimum atomic E-state index is -0.204. The molecule has 116 valence electrons. The standard InChI is InChI=1S/C17H15N3O3/c1-22-11-15(21)18-14-9-7-13(8-10-14)17-19-16(20-23-17)12-5-3-2-4-6-12/h2-10H,11H2,1H3,(H,18,21). The molecule has 1 heterocycles. The number of carbonyl (C=O) groups excluding carboxylic acids is 1. The van der Waals surface area contributed by atoms with E-state index in [1.807, 2.05) is 42.5 Å². The van der Waals surface area contributed by atoms with Gasteiger partial charge in [0.1, 0.15) is 6.61 Å². The number of aromatic nitrogens is 2. The lowest BCUT2D eigenvalue weighted by molar-refractivity contribution is -0.119. The van der Waals surface area contributed by atoms with Crippen molar-refractivity contribution >= 4 is 11.6 Å². The number of hydrogen-bond acceptors (Lipinski definition) is 5. The monoisotopic (exact) mass is 309 g/mol. The van der Waals surface area contributed by atoms with Crippen LogP contribution >= 0.6 is 0 Å². The zero-order valence-corrected chi connectivity index (χ0v) is 12.5. The third kappa shape index (κ3) is 3.61. The number of amides is 1. The van der Waals surface area contributed by atoms with Crippen molar-refractivity contribution in [1.29, 1.82) is 0 Å². The normalized spacial score (nSPS) is 10.5. The molecule has 0 unspecified atom stereocenters. The minimum Gasteiger partial charge on any atom is -0.375 e. The van der Waals surface area contributed by atoms with Gasteiger partial charge >= 0.3 is 0 Å². The maximum absolute atomic E-state index is 11.5. The molecule has 1 N–H and O–H groups in total.